The van der Waals surface area contributed by atoms with E-state index >= 15 is 0 Å². The molecule has 3 amide bonds. The Kier molecular flexibility index (Phi) is 7.24. The van der Waals surface area contributed by atoms with Gasteiger partial charge in [0, 0.05) is 30.3 Å². The smallest absolute Gasteiger partial charge is 0.323 e. The van der Waals surface area contributed by atoms with Crippen LogP contribution in [0.5, 0.6) is 11.5 Å². The zero-order chi connectivity index (χ0) is 25.8. The molecule has 0 fully saturated rings. The van der Waals surface area contributed by atoms with Crippen LogP contribution in [0.3, 0.4) is 0 Å². The van der Waals surface area contributed by atoms with Gasteiger partial charge in [0.25, 0.3) is 0 Å². The van der Waals surface area contributed by atoms with Gasteiger partial charge in [-0.05, 0) is 73.0 Å². The third-order valence-corrected chi connectivity index (χ3v) is 6.27. The minimum Gasteiger partial charge on any atom is -0.493 e. The van der Waals surface area contributed by atoms with Gasteiger partial charge >= 0.3 is 6.03 Å². The van der Waals surface area contributed by atoms with Crippen molar-refractivity contribution in [3.8, 4) is 11.5 Å². The number of hydrogen-bond acceptors (Lipinski definition) is 5. The number of anilines is 2. The first-order chi connectivity index (χ1) is 17.3. The third kappa shape index (κ3) is 5.33. The molecule has 1 atom stereocenters. The van der Waals surface area contributed by atoms with Crippen LogP contribution in [0.1, 0.15) is 41.6 Å². The number of hydrogen-bond donors (Lipinski definition) is 2. The summed E-state index contributed by atoms with van der Waals surface area (Å²) >= 11 is 0. The molecule has 1 aliphatic rings. The van der Waals surface area contributed by atoms with Gasteiger partial charge in [-0.25, -0.2) is 9.80 Å². The van der Waals surface area contributed by atoms with Gasteiger partial charge in [0.15, 0.2) is 11.5 Å². The average Bonchev–Trinajstić information content (AvgIpc) is 3.32. The molecule has 3 aromatic carbocycles. The molecule has 0 radical (unpaired) electrons. The van der Waals surface area contributed by atoms with Crippen molar-refractivity contribution < 1.29 is 19.1 Å². The van der Waals surface area contributed by atoms with E-state index < -0.39 is 0 Å². The third-order valence-electron chi connectivity index (χ3n) is 6.27. The monoisotopic (exact) mass is 486 g/mol. The van der Waals surface area contributed by atoms with Crippen LogP contribution in [0.25, 0.3) is 0 Å². The first kappa shape index (κ1) is 24.8. The fourth-order valence-corrected chi connectivity index (χ4v) is 4.15. The van der Waals surface area contributed by atoms with Crippen molar-refractivity contribution in [3.63, 3.8) is 0 Å². The average molecular weight is 487 g/mol. The lowest BCUT2D eigenvalue weighted by atomic mass is 9.98. The number of hydrazone groups is 1. The lowest BCUT2D eigenvalue weighted by Gasteiger charge is -2.20. The first-order valence-electron chi connectivity index (χ1n) is 11.6. The number of benzene rings is 3. The summed E-state index contributed by atoms with van der Waals surface area (Å²) in [5, 5.41) is 11.8. The predicted octanol–water partition coefficient (Wildman–Crippen LogP) is 5.66. The lowest BCUT2D eigenvalue weighted by molar-refractivity contribution is -0.130. The van der Waals surface area contributed by atoms with Crippen LogP contribution in [-0.2, 0) is 4.79 Å². The minimum atomic E-state index is -0.323. The minimum absolute atomic E-state index is 0.148. The Morgan fingerprint density at radius 1 is 0.861 bits per heavy atom. The van der Waals surface area contributed by atoms with Crippen molar-refractivity contribution in [2.24, 2.45) is 5.10 Å². The molecule has 1 unspecified atom stereocenters. The summed E-state index contributed by atoms with van der Waals surface area (Å²) in [5.74, 6) is 1.08. The van der Waals surface area contributed by atoms with Gasteiger partial charge in [0.05, 0.1) is 26.0 Å². The van der Waals surface area contributed by atoms with Crippen LogP contribution in [0.2, 0.25) is 0 Å². The molecule has 2 N–H and O–H groups in total. The number of carbonyl (C=O) groups excluding carboxylic acids is 2. The maximum atomic E-state index is 12.4. The highest BCUT2D eigenvalue weighted by Crippen LogP contribution is 2.35. The highest BCUT2D eigenvalue weighted by Gasteiger charge is 2.31. The van der Waals surface area contributed by atoms with Gasteiger partial charge in [-0.2, -0.15) is 5.10 Å². The molecule has 0 saturated carbocycles. The quantitative estimate of drug-likeness (QED) is 0.470. The van der Waals surface area contributed by atoms with Gasteiger partial charge in [0.2, 0.25) is 5.91 Å². The van der Waals surface area contributed by atoms with Crippen LogP contribution in [-0.4, -0.2) is 36.9 Å². The number of nitrogens with one attached hydrogen (secondary N) is 2. The van der Waals surface area contributed by atoms with Gasteiger partial charge in [0.1, 0.15) is 0 Å². The van der Waals surface area contributed by atoms with E-state index in [-0.39, 0.29) is 18.0 Å². The summed E-state index contributed by atoms with van der Waals surface area (Å²) in [5.41, 5.74) is 6.22. The molecule has 0 bridgehead atoms. The molecule has 0 saturated heterocycles. The van der Waals surface area contributed by atoms with Crippen molar-refractivity contribution >= 4 is 29.0 Å². The van der Waals surface area contributed by atoms with Gasteiger partial charge in [-0.15, -0.1) is 0 Å². The van der Waals surface area contributed by atoms with E-state index in [0.29, 0.717) is 23.6 Å². The van der Waals surface area contributed by atoms with Crippen LogP contribution in [0.15, 0.2) is 65.8 Å². The summed E-state index contributed by atoms with van der Waals surface area (Å²) in [6, 6.07) is 18.2. The maximum Gasteiger partial charge on any atom is 0.323 e. The van der Waals surface area contributed by atoms with E-state index in [1.807, 2.05) is 74.5 Å². The molecule has 1 aliphatic heterocycles. The largest absolute Gasteiger partial charge is 0.493 e. The molecule has 4 rings (SSSR count). The fourth-order valence-electron chi connectivity index (χ4n) is 4.15. The number of methoxy groups -OCH3 is 2. The Hall–Kier alpha value is -4.33. The number of aryl methyl sites for hydroxylation is 2. The van der Waals surface area contributed by atoms with Gasteiger partial charge in [-0.3, -0.25) is 4.79 Å². The zero-order valence-electron chi connectivity index (χ0n) is 21.1. The summed E-state index contributed by atoms with van der Waals surface area (Å²) in [4.78, 5) is 24.8. The Balaban J connectivity index is 1.47. The number of rotatable bonds is 6. The molecule has 3 aromatic rings. The first-order valence-corrected chi connectivity index (χ1v) is 11.6. The lowest BCUT2D eigenvalue weighted by Crippen LogP contribution is -2.24. The Bertz CT molecular complexity index is 1320. The van der Waals surface area contributed by atoms with Crippen molar-refractivity contribution in [3.05, 3.63) is 82.9 Å². The normalized spacial score (nSPS) is 14.8. The number of amides is 3. The van der Waals surface area contributed by atoms with Gasteiger partial charge in [-0.1, -0.05) is 18.2 Å². The standard InChI is InChI=1S/C28H30N4O4/c1-17-6-10-23(14-18(17)2)30-28(34)29-22-11-7-20(8-12-22)25-16-24(31-32(25)19(3)33)21-9-13-26(35-4)27(15-21)36-5/h6-15,25H,16H2,1-5H3,(H2,29,30,34). The fraction of sp³-hybridized carbons (Fsp3) is 0.250. The Morgan fingerprint density at radius 2 is 1.53 bits per heavy atom. The molecular formula is C28H30N4O4. The molecule has 36 heavy (non-hydrogen) atoms. The number of carbonyl (C=O) groups is 2. The van der Waals surface area contributed by atoms with Crippen LogP contribution in [0.4, 0.5) is 16.2 Å². The van der Waals surface area contributed by atoms with E-state index in [2.05, 4.69) is 15.7 Å². The zero-order valence-corrected chi connectivity index (χ0v) is 21.1. The molecular weight excluding hydrogens is 456 g/mol. The topological polar surface area (TPSA) is 92.3 Å². The summed E-state index contributed by atoms with van der Waals surface area (Å²) in [6.07, 6.45) is 0.551. The summed E-state index contributed by atoms with van der Waals surface area (Å²) in [6.45, 7) is 5.53. The molecule has 0 aliphatic carbocycles. The van der Waals surface area contributed by atoms with E-state index in [4.69, 9.17) is 9.47 Å². The summed E-state index contributed by atoms with van der Waals surface area (Å²) < 4.78 is 10.7. The van der Waals surface area contributed by atoms with Gasteiger partial charge < -0.3 is 20.1 Å². The summed E-state index contributed by atoms with van der Waals surface area (Å²) in [7, 11) is 3.17. The second kappa shape index (κ2) is 10.5. The molecule has 0 spiro atoms. The Morgan fingerprint density at radius 3 is 2.17 bits per heavy atom. The SMILES string of the molecule is COc1ccc(C2=NN(C(C)=O)C(c3ccc(NC(=O)Nc4ccc(C)c(C)c4)cc3)C2)cc1OC. The van der Waals surface area contributed by atoms with E-state index in [1.165, 1.54) is 17.5 Å². The molecule has 0 aromatic heterocycles. The van der Waals surface area contributed by atoms with Crippen molar-refractivity contribution in [2.75, 3.05) is 24.9 Å². The van der Waals surface area contributed by atoms with Crippen LogP contribution >= 0.6 is 0 Å². The van der Waals surface area contributed by atoms with Crippen molar-refractivity contribution in [2.45, 2.75) is 33.2 Å². The second-order valence-corrected chi connectivity index (χ2v) is 8.70. The van der Waals surface area contributed by atoms with Crippen molar-refractivity contribution in [1.29, 1.82) is 0 Å². The van der Waals surface area contributed by atoms with E-state index in [1.54, 1.807) is 14.2 Å². The van der Waals surface area contributed by atoms with Crippen LogP contribution in [0, 0.1) is 13.8 Å². The van der Waals surface area contributed by atoms with E-state index in [9.17, 15) is 9.59 Å². The number of ether oxygens (including phenoxy) is 2. The molecule has 186 valence electrons. The van der Waals surface area contributed by atoms with Crippen LogP contribution < -0.4 is 20.1 Å². The highest BCUT2D eigenvalue weighted by atomic mass is 16.5. The predicted molar refractivity (Wildman–Crippen MR) is 141 cm³/mol. The Labute approximate surface area is 210 Å². The van der Waals surface area contributed by atoms with E-state index in [0.717, 1.165) is 28.1 Å². The van der Waals surface area contributed by atoms with Crippen molar-refractivity contribution in [1.82, 2.24) is 5.01 Å². The molecule has 1 heterocycles. The number of nitrogens with zero attached hydrogens (tertiary/aromatic N) is 2. The molecule has 8 heteroatoms. The number of urea groups is 1. The maximum absolute atomic E-state index is 12.4. The second-order valence-electron chi connectivity index (χ2n) is 8.70. The molecule has 8 nitrogen and oxygen atoms in total. The highest BCUT2D eigenvalue weighted by molar-refractivity contribution is 6.03.